The van der Waals surface area contributed by atoms with Crippen molar-refractivity contribution >= 4 is 23.4 Å². The standard InChI is InChI=1S/C20H22ClN3O2S/c1-13-10-17(8-9-18(13)21)26-14(2)19-22-23-20(24(19)3)27-12-15-6-5-7-16(11-15)25-4/h5-11,14H,12H2,1-4H3. The van der Waals surface area contributed by atoms with E-state index in [9.17, 15) is 0 Å². The molecule has 27 heavy (non-hydrogen) atoms. The number of benzene rings is 2. The lowest BCUT2D eigenvalue weighted by Crippen LogP contribution is -2.10. The van der Waals surface area contributed by atoms with Crippen molar-refractivity contribution in [2.24, 2.45) is 7.05 Å². The molecular formula is C20H22ClN3O2S. The minimum absolute atomic E-state index is 0.228. The Labute approximate surface area is 168 Å². The Bertz CT molecular complexity index is 929. The fraction of sp³-hybridized carbons (Fsp3) is 0.300. The number of ether oxygens (including phenoxy) is 2. The summed E-state index contributed by atoms with van der Waals surface area (Å²) in [5.74, 6) is 3.18. The number of hydrogen-bond acceptors (Lipinski definition) is 5. The first-order valence-electron chi connectivity index (χ1n) is 8.55. The highest BCUT2D eigenvalue weighted by Crippen LogP contribution is 2.28. The van der Waals surface area contributed by atoms with E-state index in [-0.39, 0.29) is 6.10 Å². The first-order valence-corrected chi connectivity index (χ1v) is 9.92. The Morgan fingerprint density at radius 2 is 1.96 bits per heavy atom. The summed E-state index contributed by atoms with van der Waals surface area (Å²) in [5, 5.41) is 10.2. The lowest BCUT2D eigenvalue weighted by Gasteiger charge is -2.15. The second-order valence-electron chi connectivity index (χ2n) is 6.21. The molecular weight excluding hydrogens is 382 g/mol. The van der Waals surface area contributed by atoms with E-state index in [0.29, 0.717) is 0 Å². The third-order valence-electron chi connectivity index (χ3n) is 4.18. The van der Waals surface area contributed by atoms with E-state index >= 15 is 0 Å². The number of thioether (sulfide) groups is 1. The number of methoxy groups -OCH3 is 1. The van der Waals surface area contributed by atoms with Gasteiger partial charge in [0.15, 0.2) is 17.1 Å². The first kappa shape index (κ1) is 19.6. The van der Waals surface area contributed by atoms with E-state index in [4.69, 9.17) is 21.1 Å². The lowest BCUT2D eigenvalue weighted by atomic mass is 10.2. The van der Waals surface area contributed by atoms with Crippen LogP contribution in [-0.2, 0) is 12.8 Å². The molecule has 1 atom stereocenters. The van der Waals surface area contributed by atoms with Crippen LogP contribution in [0.1, 0.15) is 30.0 Å². The van der Waals surface area contributed by atoms with Crippen molar-refractivity contribution in [2.75, 3.05) is 7.11 Å². The van der Waals surface area contributed by atoms with Gasteiger partial charge in [-0.2, -0.15) is 0 Å². The SMILES string of the molecule is COc1cccc(CSc2nnc(C(C)Oc3ccc(Cl)c(C)c3)n2C)c1. The van der Waals surface area contributed by atoms with Gasteiger partial charge in [-0.05, 0) is 55.3 Å². The average molecular weight is 404 g/mol. The van der Waals surface area contributed by atoms with Crippen LogP contribution in [0.15, 0.2) is 47.6 Å². The molecule has 0 N–H and O–H groups in total. The highest BCUT2D eigenvalue weighted by Gasteiger charge is 2.17. The van der Waals surface area contributed by atoms with E-state index in [2.05, 4.69) is 16.3 Å². The second-order valence-corrected chi connectivity index (χ2v) is 7.56. The van der Waals surface area contributed by atoms with E-state index in [1.807, 2.05) is 61.9 Å². The average Bonchev–Trinajstić information content (AvgIpc) is 3.04. The normalized spacial score (nSPS) is 12.0. The van der Waals surface area contributed by atoms with E-state index < -0.39 is 0 Å². The molecule has 142 valence electrons. The summed E-state index contributed by atoms with van der Waals surface area (Å²) in [6.45, 7) is 3.92. The van der Waals surface area contributed by atoms with E-state index in [1.54, 1.807) is 18.9 Å². The predicted octanol–water partition coefficient (Wildman–Crippen LogP) is 5.22. The van der Waals surface area contributed by atoms with Crippen molar-refractivity contribution in [3.63, 3.8) is 0 Å². The van der Waals surface area contributed by atoms with Crippen LogP contribution in [0.25, 0.3) is 0 Å². The van der Waals surface area contributed by atoms with Gasteiger partial charge in [0, 0.05) is 17.8 Å². The summed E-state index contributed by atoms with van der Waals surface area (Å²) in [4.78, 5) is 0. The molecule has 0 amide bonds. The van der Waals surface area contributed by atoms with Gasteiger partial charge in [0.25, 0.3) is 0 Å². The zero-order chi connectivity index (χ0) is 19.4. The fourth-order valence-electron chi connectivity index (χ4n) is 2.66. The summed E-state index contributed by atoms with van der Waals surface area (Å²) in [6, 6.07) is 13.6. The van der Waals surface area contributed by atoms with Gasteiger partial charge in [0.05, 0.1) is 7.11 Å². The number of aromatic nitrogens is 3. The van der Waals surface area contributed by atoms with Gasteiger partial charge in [0.2, 0.25) is 0 Å². The summed E-state index contributed by atoms with van der Waals surface area (Å²) >= 11 is 7.70. The zero-order valence-corrected chi connectivity index (χ0v) is 17.3. The third kappa shape index (κ3) is 4.76. The maximum absolute atomic E-state index is 6.07. The Balaban J connectivity index is 1.67. The molecule has 0 radical (unpaired) electrons. The topological polar surface area (TPSA) is 49.2 Å². The minimum Gasteiger partial charge on any atom is -0.497 e. The van der Waals surface area contributed by atoms with E-state index in [0.717, 1.165) is 38.8 Å². The molecule has 0 aliphatic heterocycles. The zero-order valence-electron chi connectivity index (χ0n) is 15.8. The highest BCUT2D eigenvalue weighted by molar-refractivity contribution is 7.98. The van der Waals surface area contributed by atoms with Crippen molar-refractivity contribution in [1.82, 2.24) is 14.8 Å². The molecule has 0 saturated carbocycles. The van der Waals surface area contributed by atoms with E-state index in [1.165, 1.54) is 5.56 Å². The van der Waals surface area contributed by atoms with Crippen molar-refractivity contribution in [1.29, 1.82) is 0 Å². The van der Waals surface area contributed by atoms with Crippen LogP contribution in [-0.4, -0.2) is 21.9 Å². The van der Waals surface area contributed by atoms with Crippen LogP contribution >= 0.6 is 23.4 Å². The summed E-state index contributed by atoms with van der Waals surface area (Å²) in [7, 11) is 3.63. The van der Waals surface area contributed by atoms with Gasteiger partial charge in [-0.1, -0.05) is 35.5 Å². The lowest BCUT2D eigenvalue weighted by molar-refractivity contribution is 0.211. The predicted molar refractivity (Wildman–Crippen MR) is 109 cm³/mol. The number of aryl methyl sites for hydroxylation is 1. The van der Waals surface area contributed by atoms with Crippen LogP contribution in [0, 0.1) is 6.92 Å². The Morgan fingerprint density at radius 1 is 1.15 bits per heavy atom. The number of hydrogen-bond donors (Lipinski definition) is 0. The molecule has 0 bridgehead atoms. The third-order valence-corrected chi connectivity index (χ3v) is 5.69. The fourth-order valence-corrected chi connectivity index (χ4v) is 3.64. The molecule has 0 aliphatic rings. The molecule has 0 saturated heterocycles. The Morgan fingerprint density at radius 3 is 2.70 bits per heavy atom. The van der Waals surface area contributed by atoms with Gasteiger partial charge >= 0.3 is 0 Å². The molecule has 1 aromatic heterocycles. The molecule has 5 nitrogen and oxygen atoms in total. The molecule has 1 heterocycles. The summed E-state index contributed by atoms with van der Waals surface area (Å²) in [5.41, 5.74) is 2.15. The maximum Gasteiger partial charge on any atom is 0.191 e. The molecule has 0 fully saturated rings. The first-order chi connectivity index (χ1) is 13.0. The Hall–Kier alpha value is -2.18. The number of halogens is 1. The Kier molecular flexibility index (Phi) is 6.29. The van der Waals surface area contributed by atoms with Crippen molar-refractivity contribution in [2.45, 2.75) is 30.9 Å². The van der Waals surface area contributed by atoms with Crippen LogP contribution in [0.2, 0.25) is 5.02 Å². The molecule has 2 aromatic carbocycles. The number of nitrogens with zero attached hydrogens (tertiary/aromatic N) is 3. The summed E-state index contributed by atoms with van der Waals surface area (Å²) < 4.78 is 13.3. The molecule has 1 unspecified atom stereocenters. The quantitative estimate of drug-likeness (QED) is 0.506. The van der Waals surface area contributed by atoms with Crippen molar-refractivity contribution < 1.29 is 9.47 Å². The van der Waals surface area contributed by atoms with Gasteiger partial charge in [-0.15, -0.1) is 10.2 Å². The van der Waals surface area contributed by atoms with Gasteiger partial charge in [-0.3, -0.25) is 0 Å². The molecule has 7 heteroatoms. The van der Waals surface area contributed by atoms with Crippen molar-refractivity contribution in [3.05, 3.63) is 64.4 Å². The van der Waals surface area contributed by atoms with Crippen LogP contribution in [0.5, 0.6) is 11.5 Å². The summed E-state index contributed by atoms with van der Waals surface area (Å²) in [6.07, 6.45) is -0.228. The van der Waals surface area contributed by atoms with Crippen molar-refractivity contribution in [3.8, 4) is 11.5 Å². The minimum atomic E-state index is -0.228. The monoisotopic (exact) mass is 403 g/mol. The largest absolute Gasteiger partial charge is 0.497 e. The van der Waals surface area contributed by atoms with Gasteiger partial charge in [0.1, 0.15) is 11.5 Å². The molecule has 3 rings (SSSR count). The van der Waals surface area contributed by atoms with Crippen LogP contribution in [0.4, 0.5) is 0 Å². The second kappa shape index (κ2) is 8.67. The van der Waals surface area contributed by atoms with Crippen LogP contribution < -0.4 is 9.47 Å². The smallest absolute Gasteiger partial charge is 0.191 e. The van der Waals surface area contributed by atoms with Crippen LogP contribution in [0.3, 0.4) is 0 Å². The van der Waals surface area contributed by atoms with Gasteiger partial charge in [-0.25, -0.2) is 0 Å². The highest BCUT2D eigenvalue weighted by atomic mass is 35.5. The molecule has 0 spiro atoms. The van der Waals surface area contributed by atoms with Gasteiger partial charge < -0.3 is 14.0 Å². The number of rotatable bonds is 7. The molecule has 0 aliphatic carbocycles. The molecule has 3 aromatic rings. The maximum atomic E-state index is 6.07.